The summed E-state index contributed by atoms with van der Waals surface area (Å²) in [5, 5.41) is 3.46. The summed E-state index contributed by atoms with van der Waals surface area (Å²) in [6.45, 7) is 5.28. The van der Waals surface area contributed by atoms with Crippen LogP contribution in [0.3, 0.4) is 0 Å². The van der Waals surface area contributed by atoms with E-state index in [9.17, 15) is 0 Å². The normalized spacial score (nSPS) is 12.2. The Hall–Kier alpha value is -1.14. The highest BCUT2D eigenvalue weighted by Gasteiger charge is 2.12. The first-order valence-corrected chi connectivity index (χ1v) is 7.90. The number of benzene rings is 1. The average molecular weight is 382 g/mol. The van der Waals surface area contributed by atoms with Crippen molar-refractivity contribution in [2.24, 2.45) is 0 Å². The van der Waals surface area contributed by atoms with Gasteiger partial charge in [-0.05, 0) is 72.8 Å². The molecular formula is C16H19IN2O. The van der Waals surface area contributed by atoms with Crippen LogP contribution in [0.1, 0.15) is 31.9 Å². The fourth-order valence-electron chi connectivity index (χ4n) is 1.90. The molecule has 0 saturated carbocycles. The second-order valence-corrected chi connectivity index (χ2v) is 5.88. The first kappa shape index (κ1) is 15.3. The molecule has 1 aromatic heterocycles. The summed E-state index contributed by atoms with van der Waals surface area (Å²) in [4.78, 5) is 4.36. The van der Waals surface area contributed by atoms with E-state index in [2.05, 4.69) is 52.8 Å². The van der Waals surface area contributed by atoms with Gasteiger partial charge in [-0.1, -0.05) is 13.0 Å². The Morgan fingerprint density at radius 2 is 2.00 bits per heavy atom. The van der Waals surface area contributed by atoms with Crippen LogP contribution in [0.2, 0.25) is 0 Å². The molecule has 4 heteroatoms. The summed E-state index contributed by atoms with van der Waals surface area (Å²) in [5.41, 5.74) is 1.08. The van der Waals surface area contributed by atoms with E-state index in [0.29, 0.717) is 5.88 Å². The standard InChI is InChI=1S/C16H19IN2O/c1-3-10-18-12(2)15-5-4-11-19-16(15)20-14-8-6-13(17)7-9-14/h4-9,11-12,18H,3,10H2,1-2H3. The number of ether oxygens (including phenoxy) is 1. The molecule has 0 amide bonds. The van der Waals surface area contributed by atoms with E-state index in [-0.39, 0.29) is 6.04 Å². The fourth-order valence-corrected chi connectivity index (χ4v) is 2.26. The molecule has 2 rings (SSSR count). The minimum atomic E-state index is 0.225. The van der Waals surface area contributed by atoms with Gasteiger partial charge >= 0.3 is 0 Å². The molecular weight excluding hydrogens is 363 g/mol. The minimum absolute atomic E-state index is 0.225. The number of halogens is 1. The van der Waals surface area contributed by atoms with Gasteiger partial charge in [0.05, 0.1) is 0 Å². The maximum Gasteiger partial charge on any atom is 0.223 e. The summed E-state index contributed by atoms with van der Waals surface area (Å²) in [5.74, 6) is 1.48. The molecule has 20 heavy (non-hydrogen) atoms. The maximum absolute atomic E-state index is 5.91. The SMILES string of the molecule is CCCNC(C)c1cccnc1Oc1ccc(I)cc1. The highest BCUT2D eigenvalue weighted by Crippen LogP contribution is 2.27. The molecule has 1 N–H and O–H groups in total. The zero-order valence-electron chi connectivity index (χ0n) is 11.8. The van der Waals surface area contributed by atoms with Crippen LogP contribution >= 0.6 is 22.6 Å². The van der Waals surface area contributed by atoms with Gasteiger partial charge in [0.2, 0.25) is 5.88 Å². The Kier molecular flexibility index (Phi) is 5.79. The van der Waals surface area contributed by atoms with Gasteiger partial charge < -0.3 is 10.1 Å². The largest absolute Gasteiger partial charge is 0.439 e. The third-order valence-corrected chi connectivity index (χ3v) is 3.71. The smallest absolute Gasteiger partial charge is 0.223 e. The van der Waals surface area contributed by atoms with Crippen molar-refractivity contribution in [3.63, 3.8) is 0 Å². The summed E-state index contributed by atoms with van der Waals surface area (Å²) in [6, 6.07) is 12.2. The van der Waals surface area contributed by atoms with Crippen LogP contribution in [0, 0.1) is 3.57 Å². The van der Waals surface area contributed by atoms with E-state index in [0.717, 1.165) is 24.3 Å². The van der Waals surface area contributed by atoms with Gasteiger partial charge in [-0.3, -0.25) is 0 Å². The van der Waals surface area contributed by atoms with Crippen LogP contribution < -0.4 is 10.1 Å². The maximum atomic E-state index is 5.91. The van der Waals surface area contributed by atoms with Crippen molar-refractivity contribution in [1.29, 1.82) is 0 Å². The molecule has 0 saturated heterocycles. The van der Waals surface area contributed by atoms with Gasteiger partial charge in [0, 0.05) is 21.4 Å². The second-order valence-electron chi connectivity index (χ2n) is 4.63. The van der Waals surface area contributed by atoms with E-state index in [1.807, 2.05) is 30.3 Å². The highest BCUT2D eigenvalue weighted by atomic mass is 127. The summed E-state index contributed by atoms with van der Waals surface area (Å²) in [6.07, 6.45) is 2.87. The molecule has 1 heterocycles. The molecule has 0 bridgehead atoms. The summed E-state index contributed by atoms with van der Waals surface area (Å²) < 4.78 is 7.10. The summed E-state index contributed by atoms with van der Waals surface area (Å²) in [7, 11) is 0. The Balaban J connectivity index is 2.17. The van der Waals surface area contributed by atoms with Gasteiger partial charge in [-0.15, -0.1) is 0 Å². The van der Waals surface area contributed by atoms with E-state index in [4.69, 9.17) is 4.74 Å². The lowest BCUT2D eigenvalue weighted by molar-refractivity contribution is 0.442. The average Bonchev–Trinajstić information content (AvgIpc) is 2.48. The van der Waals surface area contributed by atoms with Crippen LogP contribution in [-0.2, 0) is 0 Å². The minimum Gasteiger partial charge on any atom is -0.439 e. The molecule has 0 aliphatic carbocycles. The third kappa shape index (κ3) is 4.18. The number of nitrogens with one attached hydrogen (secondary N) is 1. The Bertz CT molecular complexity index is 542. The lowest BCUT2D eigenvalue weighted by Gasteiger charge is -2.16. The molecule has 106 valence electrons. The van der Waals surface area contributed by atoms with Crippen LogP contribution in [0.5, 0.6) is 11.6 Å². The van der Waals surface area contributed by atoms with Gasteiger partial charge in [-0.25, -0.2) is 4.98 Å². The molecule has 0 aliphatic heterocycles. The van der Waals surface area contributed by atoms with Gasteiger partial charge in [0.1, 0.15) is 5.75 Å². The molecule has 0 fully saturated rings. The lowest BCUT2D eigenvalue weighted by Crippen LogP contribution is -2.20. The van der Waals surface area contributed by atoms with Crippen LogP contribution in [0.15, 0.2) is 42.6 Å². The summed E-state index contributed by atoms with van der Waals surface area (Å²) >= 11 is 2.28. The third-order valence-electron chi connectivity index (χ3n) is 3.00. The molecule has 0 radical (unpaired) electrons. The molecule has 1 aromatic carbocycles. The van der Waals surface area contributed by atoms with Crippen molar-refractivity contribution in [3.8, 4) is 11.6 Å². The number of hydrogen-bond donors (Lipinski definition) is 1. The van der Waals surface area contributed by atoms with Crippen LogP contribution in [-0.4, -0.2) is 11.5 Å². The van der Waals surface area contributed by atoms with E-state index >= 15 is 0 Å². The molecule has 0 spiro atoms. The number of aromatic nitrogens is 1. The first-order chi connectivity index (χ1) is 9.70. The van der Waals surface area contributed by atoms with Gasteiger partial charge in [0.25, 0.3) is 0 Å². The van der Waals surface area contributed by atoms with Crippen molar-refractivity contribution >= 4 is 22.6 Å². The quantitative estimate of drug-likeness (QED) is 0.745. The van der Waals surface area contributed by atoms with Gasteiger partial charge in [0.15, 0.2) is 0 Å². The second kappa shape index (κ2) is 7.59. The number of nitrogens with zero attached hydrogens (tertiary/aromatic N) is 1. The van der Waals surface area contributed by atoms with Crippen molar-refractivity contribution in [2.75, 3.05) is 6.54 Å². The molecule has 1 unspecified atom stereocenters. The van der Waals surface area contributed by atoms with Gasteiger partial charge in [-0.2, -0.15) is 0 Å². The molecule has 0 aliphatic rings. The zero-order valence-corrected chi connectivity index (χ0v) is 13.9. The Morgan fingerprint density at radius 1 is 1.25 bits per heavy atom. The van der Waals surface area contributed by atoms with E-state index in [1.165, 1.54) is 3.57 Å². The Morgan fingerprint density at radius 3 is 2.70 bits per heavy atom. The zero-order chi connectivity index (χ0) is 14.4. The topological polar surface area (TPSA) is 34.2 Å². The fraction of sp³-hybridized carbons (Fsp3) is 0.312. The number of pyridine rings is 1. The highest BCUT2D eigenvalue weighted by molar-refractivity contribution is 14.1. The van der Waals surface area contributed by atoms with Crippen LogP contribution in [0.4, 0.5) is 0 Å². The van der Waals surface area contributed by atoms with Crippen LogP contribution in [0.25, 0.3) is 0 Å². The van der Waals surface area contributed by atoms with E-state index < -0.39 is 0 Å². The van der Waals surface area contributed by atoms with Crippen molar-refractivity contribution in [1.82, 2.24) is 10.3 Å². The first-order valence-electron chi connectivity index (χ1n) is 6.82. The molecule has 3 nitrogen and oxygen atoms in total. The Labute approximate surface area is 133 Å². The van der Waals surface area contributed by atoms with Crippen molar-refractivity contribution < 1.29 is 4.74 Å². The molecule has 1 atom stereocenters. The number of rotatable bonds is 6. The predicted octanol–water partition coefficient (Wildman–Crippen LogP) is 4.54. The predicted molar refractivity (Wildman–Crippen MR) is 90.2 cm³/mol. The lowest BCUT2D eigenvalue weighted by atomic mass is 10.1. The van der Waals surface area contributed by atoms with E-state index in [1.54, 1.807) is 6.20 Å². The molecule has 2 aromatic rings. The van der Waals surface area contributed by atoms with Crippen molar-refractivity contribution in [3.05, 3.63) is 51.7 Å². The monoisotopic (exact) mass is 382 g/mol. The van der Waals surface area contributed by atoms with Crippen molar-refractivity contribution in [2.45, 2.75) is 26.3 Å². The number of hydrogen-bond acceptors (Lipinski definition) is 3.